The first-order valence-electron chi connectivity index (χ1n) is 4.22. The zero-order valence-electron chi connectivity index (χ0n) is 7.29. The van der Waals surface area contributed by atoms with E-state index in [1.54, 1.807) is 0 Å². The predicted molar refractivity (Wildman–Crippen MR) is 61.6 cm³/mol. The second kappa shape index (κ2) is 3.57. The molecule has 0 radical (unpaired) electrons. The van der Waals surface area contributed by atoms with Gasteiger partial charge in [-0.15, -0.1) is 0 Å². The van der Waals surface area contributed by atoms with Crippen molar-refractivity contribution in [2.24, 2.45) is 0 Å². The summed E-state index contributed by atoms with van der Waals surface area (Å²) < 4.78 is 1.01. The Hall–Kier alpha value is -0.710. The monoisotopic (exact) mass is 284 g/mol. The van der Waals surface area contributed by atoms with Crippen LogP contribution in [0.2, 0.25) is 0 Å². The summed E-state index contributed by atoms with van der Waals surface area (Å²) in [6, 6.07) is 7.96. The SMILES string of the molecule is CCc1nc2ccccc2nc1I. The van der Waals surface area contributed by atoms with Crippen LogP contribution in [0.4, 0.5) is 0 Å². The van der Waals surface area contributed by atoms with E-state index in [0.29, 0.717) is 0 Å². The Kier molecular flexibility index (Phi) is 2.44. The third-order valence-corrected chi connectivity index (χ3v) is 2.79. The minimum Gasteiger partial charge on any atom is -0.248 e. The van der Waals surface area contributed by atoms with Crippen molar-refractivity contribution in [2.75, 3.05) is 0 Å². The second-order valence-corrected chi connectivity index (χ2v) is 3.83. The van der Waals surface area contributed by atoms with E-state index in [1.165, 1.54) is 0 Å². The van der Waals surface area contributed by atoms with Crippen molar-refractivity contribution in [3.8, 4) is 0 Å². The van der Waals surface area contributed by atoms with Crippen LogP contribution in [0.25, 0.3) is 11.0 Å². The Bertz CT molecular complexity index is 440. The van der Waals surface area contributed by atoms with Gasteiger partial charge < -0.3 is 0 Å². The molecule has 0 atom stereocenters. The molecular weight excluding hydrogens is 275 g/mol. The van der Waals surface area contributed by atoms with Crippen molar-refractivity contribution >= 4 is 33.6 Å². The normalized spacial score (nSPS) is 10.6. The van der Waals surface area contributed by atoms with Crippen LogP contribution in [-0.4, -0.2) is 9.97 Å². The molecule has 0 fully saturated rings. The number of nitrogens with zero attached hydrogens (tertiary/aromatic N) is 2. The van der Waals surface area contributed by atoms with Gasteiger partial charge in [-0.1, -0.05) is 19.1 Å². The Morgan fingerprint density at radius 3 is 2.38 bits per heavy atom. The van der Waals surface area contributed by atoms with Crippen molar-refractivity contribution < 1.29 is 0 Å². The lowest BCUT2D eigenvalue weighted by Gasteiger charge is -2.01. The topological polar surface area (TPSA) is 25.8 Å². The van der Waals surface area contributed by atoms with Gasteiger partial charge in [-0.2, -0.15) is 0 Å². The summed E-state index contributed by atoms with van der Waals surface area (Å²) in [5.41, 5.74) is 3.04. The molecule has 0 saturated carbocycles. The van der Waals surface area contributed by atoms with Crippen LogP contribution in [-0.2, 0) is 6.42 Å². The van der Waals surface area contributed by atoms with Crippen molar-refractivity contribution in [1.29, 1.82) is 0 Å². The maximum atomic E-state index is 4.52. The van der Waals surface area contributed by atoms with Gasteiger partial charge in [0.1, 0.15) is 3.70 Å². The summed E-state index contributed by atoms with van der Waals surface area (Å²) in [6.45, 7) is 2.10. The lowest BCUT2D eigenvalue weighted by Crippen LogP contribution is -1.96. The molecule has 1 heterocycles. The molecule has 0 spiro atoms. The third kappa shape index (κ3) is 1.65. The lowest BCUT2D eigenvalue weighted by atomic mass is 10.3. The first-order valence-corrected chi connectivity index (χ1v) is 5.30. The Labute approximate surface area is 90.5 Å². The first kappa shape index (κ1) is 8.87. The van der Waals surface area contributed by atoms with Gasteiger partial charge in [0.15, 0.2) is 0 Å². The minimum atomic E-state index is 0.941. The van der Waals surface area contributed by atoms with Crippen LogP contribution in [0.5, 0.6) is 0 Å². The van der Waals surface area contributed by atoms with Gasteiger partial charge in [-0.3, -0.25) is 0 Å². The van der Waals surface area contributed by atoms with Crippen molar-refractivity contribution in [1.82, 2.24) is 9.97 Å². The van der Waals surface area contributed by atoms with E-state index in [1.807, 2.05) is 24.3 Å². The standard InChI is InChI=1S/C10H9IN2/c1-2-7-10(11)13-9-6-4-3-5-8(9)12-7/h3-6H,2H2,1H3. The van der Waals surface area contributed by atoms with Gasteiger partial charge in [0, 0.05) is 0 Å². The van der Waals surface area contributed by atoms with E-state index in [9.17, 15) is 0 Å². The lowest BCUT2D eigenvalue weighted by molar-refractivity contribution is 1.01. The van der Waals surface area contributed by atoms with Gasteiger partial charge in [0.2, 0.25) is 0 Å². The molecule has 2 aromatic rings. The zero-order chi connectivity index (χ0) is 9.26. The number of fused-ring (bicyclic) bond motifs is 1. The molecule has 2 nitrogen and oxygen atoms in total. The van der Waals surface area contributed by atoms with Gasteiger partial charge >= 0.3 is 0 Å². The van der Waals surface area contributed by atoms with Crippen molar-refractivity contribution in [3.63, 3.8) is 0 Å². The second-order valence-electron chi connectivity index (χ2n) is 2.80. The van der Waals surface area contributed by atoms with Crippen LogP contribution < -0.4 is 0 Å². The van der Waals surface area contributed by atoms with Gasteiger partial charge in [-0.05, 0) is 41.1 Å². The molecule has 1 aromatic heterocycles. The zero-order valence-corrected chi connectivity index (χ0v) is 9.45. The number of halogens is 1. The highest BCUT2D eigenvalue weighted by molar-refractivity contribution is 14.1. The molecule has 0 aliphatic heterocycles. The molecule has 0 saturated heterocycles. The Morgan fingerprint density at radius 1 is 1.15 bits per heavy atom. The summed E-state index contributed by atoms with van der Waals surface area (Å²) in [4.78, 5) is 8.99. The molecule has 1 aromatic carbocycles. The number of hydrogen-bond donors (Lipinski definition) is 0. The van der Waals surface area contributed by atoms with E-state index >= 15 is 0 Å². The summed E-state index contributed by atoms with van der Waals surface area (Å²) in [6.07, 6.45) is 0.941. The maximum absolute atomic E-state index is 4.52. The highest BCUT2D eigenvalue weighted by Gasteiger charge is 2.02. The number of aryl methyl sites for hydroxylation is 1. The van der Waals surface area contributed by atoms with E-state index in [4.69, 9.17) is 0 Å². The Balaban J connectivity index is 2.74. The van der Waals surface area contributed by atoms with Crippen LogP contribution in [0, 0.1) is 3.70 Å². The summed E-state index contributed by atoms with van der Waals surface area (Å²) >= 11 is 2.23. The number of hydrogen-bond acceptors (Lipinski definition) is 2. The average Bonchev–Trinajstić information content (AvgIpc) is 2.17. The highest BCUT2D eigenvalue weighted by Crippen LogP contribution is 2.14. The van der Waals surface area contributed by atoms with E-state index in [0.717, 1.165) is 26.8 Å². The van der Waals surface area contributed by atoms with Crippen LogP contribution in [0.3, 0.4) is 0 Å². The molecule has 0 N–H and O–H groups in total. The summed E-state index contributed by atoms with van der Waals surface area (Å²) in [5, 5.41) is 0. The Morgan fingerprint density at radius 2 is 1.77 bits per heavy atom. The highest BCUT2D eigenvalue weighted by atomic mass is 127. The fraction of sp³-hybridized carbons (Fsp3) is 0.200. The molecule has 0 bridgehead atoms. The van der Waals surface area contributed by atoms with Crippen molar-refractivity contribution in [2.45, 2.75) is 13.3 Å². The van der Waals surface area contributed by atoms with E-state index in [-0.39, 0.29) is 0 Å². The fourth-order valence-corrected chi connectivity index (χ4v) is 2.00. The summed E-state index contributed by atoms with van der Waals surface area (Å²) in [5.74, 6) is 0. The smallest absolute Gasteiger partial charge is 0.123 e. The van der Waals surface area contributed by atoms with Crippen molar-refractivity contribution in [3.05, 3.63) is 33.7 Å². The summed E-state index contributed by atoms with van der Waals surface area (Å²) in [7, 11) is 0. The molecule has 66 valence electrons. The number of para-hydroxylation sites is 2. The average molecular weight is 284 g/mol. The molecule has 0 aliphatic carbocycles. The maximum Gasteiger partial charge on any atom is 0.123 e. The van der Waals surface area contributed by atoms with Crippen LogP contribution in [0.1, 0.15) is 12.6 Å². The largest absolute Gasteiger partial charge is 0.248 e. The van der Waals surface area contributed by atoms with E-state index < -0.39 is 0 Å². The molecule has 13 heavy (non-hydrogen) atoms. The number of aromatic nitrogens is 2. The van der Waals surface area contributed by atoms with Gasteiger partial charge in [0.05, 0.1) is 16.7 Å². The fourth-order valence-electron chi connectivity index (χ4n) is 1.24. The van der Waals surface area contributed by atoms with Crippen LogP contribution in [0.15, 0.2) is 24.3 Å². The third-order valence-electron chi connectivity index (χ3n) is 1.93. The predicted octanol–water partition coefficient (Wildman–Crippen LogP) is 2.80. The van der Waals surface area contributed by atoms with Gasteiger partial charge in [0.25, 0.3) is 0 Å². The van der Waals surface area contributed by atoms with Crippen LogP contribution >= 0.6 is 22.6 Å². The molecule has 0 amide bonds. The minimum absolute atomic E-state index is 0.941. The first-order chi connectivity index (χ1) is 6.31. The molecule has 0 unspecified atom stereocenters. The number of benzene rings is 1. The number of rotatable bonds is 1. The molecular formula is C10H9IN2. The quantitative estimate of drug-likeness (QED) is 0.752. The molecule has 3 heteroatoms. The van der Waals surface area contributed by atoms with Gasteiger partial charge in [-0.25, -0.2) is 9.97 Å². The molecule has 0 aliphatic rings. The molecule has 2 rings (SSSR count). The van der Waals surface area contributed by atoms with E-state index in [2.05, 4.69) is 39.5 Å².